The van der Waals surface area contributed by atoms with Crippen molar-refractivity contribution >= 4 is 40.8 Å². The molecule has 10 nitrogen and oxygen atoms in total. The van der Waals surface area contributed by atoms with Gasteiger partial charge >= 0.3 is 12.1 Å². The molecule has 0 bridgehead atoms. The first-order valence-electron chi connectivity index (χ1n) is 15.0. The first-order chi connectivity index (χ1) is 20.1. The topological polar surface area (TPSA) is 142 Å². The number of rotatable bonds is 10. The zero-order valence-electron chi connectivity index (χ0n) is 25.1. The summed E-state index contributed by atoms with van der Waals surface area (Å²) in [5.74, 6) is -2.90. The van der Waals surface area contributed by atoms with Gasteiger partial charge in [-0.2, -0.15) is 0 Å². The Labute approximate surface area is 253 Å². The lowest BCUT2D eigenvalue weighted by molar-refractivity contribution is -0.139. The van der Waals surface area contributed by atoms with Gasteiger partial charge in [-0.15, -0.1) is 0 Å². The maximum absolute atomic E-state index is 13.9. The number of nitrogens with zero attached hydrogens (tertiary/aromatic N) is 1. The van der Waals surface area contributed by atoms with Crippen molar-refractivity contribution in [2.24, 2.45) is 11.8 Å². The standard InChI is InChI=1S/C31H47N3O7S/c1-22(2)19-25(27(20-28(36)37)42-23(3)35)29(38)33-26-15-9-11-17-32-16-10-4-5-12-18-34(30(26)39)31(40)41-21-24-13-7-6-8-14-24/h6-8,13-14,22,25-27,32H,4-5,9-12,15-21H2,1-3H3,(H,33,38)(H,36,37). The van der Waals surface area contributed by atoms with E-state index in [9.17, 15) is 29.1 Å². The number of aliphatic carboxylic acids is 1. The van der Waals surface area contributed by atoms with Crippen molar-refractivity contribution in [1.29, 1.82) is 0 Å². The maximum Gasteiger partial charge on any atom is 0.416 e. The van der Waals surface area contributed by atoms with Gasteiger partial charge in [0, 0.05) is 18.7 Å². The van der Waals surface area contributed by atoms with Crippen LogP contribution in [0.3, 0.4) is 0 Å². The number of carbonyl (C=O) groups excluding carboxylic acids is 4. The number of hydrogen-bond acceptors (Lipinski definition) is 8. The summed E-state index contributed by atoms with van der Waals surface area (Å²) in [4.78, 5) is 65.6. The third-order valence-corrected chi connectivity index (χ3v) is 8.22. The van der Waals surface area contributed by atoms with Gasteiger partial charge in [0.05, 0.1) is 12.3 Å². The molecule has 3 amide bonds. The van der Waals surface area contributed by atoms with Crippen LogP contribution in [0.5, 0.6) is 0 Å². The lowest BCUT2D eigenvalue weighted by Crippen LogP contribution is -2.53. The Morgan fingerprint density at radius 1 is 1.05 bits per heavy atom. The summed E-state index contributed by atoms with van der Waals surface area (Å²) in [7, 11) is 0. The van der Waals surface area contributed by atoms with Crippen LogP contribution in [0.25, 0.3) is 0 Å². The summed E-state index contributed by atoms with van der Waals surface area (Å²) in [6.07, 6.45) is 4.37. The first-order valence-corrected chi connectivity index (χ1v) is 15.9. The molecule has 1 aliphatic heterocycles. The lowest BCUT2D eigenvalue weighted by atomic mass is 9.91. The monoisotopic (exact) mass is 605 g/mol. The summed E-state index contributed by atoms with van der Waals surface area (Å²) >= 11 is 0.844. The highest BCUT2D eigenvalue weighted by atomic mass is 32.2. The normalized spacial score (nSPS) is 18.9. The Hall–Kier alpha value is -2.92. The molecule has 3 unspecified atom stereocenters. The smallest absolute Gasteiger partial charge is 0.416 e. The van der Waals surface area contributed by atoms with Crippen molar-refractivity contribution in [3.05, 3.63) is 35.9 Å². The van der Waals surface area contributed by atoms with Gasteiger partial charge in [-0.05, 0) is 63.1 Å². The molecule has 1 saturated heterocycles. The minimum Gasteiger partial charge on any atom is -0.481 e. The Bertz CT molecular complexity index is 1010. The average Bonchev–Trinajstić information content (AvgIpc) is 2.93. The molecule has 42 heavy (non-hydrogen) atoms. The fourth-order valence-electron chi connectivity index (χ4n) is 5.00. The minimum absolute atomic E-state index is 0.0156. The molecule has 3 N–H and O–H groups in total. The molecule has 234 valence electrons. The lowest BCUT2D eigenvalue weighted by Gasteiger charge is -2.30. The molecule has 0 spiro atoms. The number of ether oxygens (including phenoxy) is 1. The average molecular weight is 606 g/mol. The number of carbonyl (C=O) groups is 5. The SMILES string of the molecule is CC(=O)SC(CC(=O)O)C(CC(C)C)C(=O)NC1CCCCNCCCCCCN(C(=O)OCc2ccccc2)C1=O. The Morgan fingerprint density at radius 3 is 2.36 bits per heavy atom. The maximum atomic E-state index is 13.9. The summed E-state index contributed by atoms with van der Waals surface area (Å²) < 4.78 is 5.52. The number of imide groups is 1. The molecule has 0 aliphatic carbocycles. The van der Waals surface area contributed by atoms with Gasteiger partial charge < -0.3 is 20.5 Å². The Kier molecular flexibility index (Phi) is 16.2. The first kappa shape index (κ1) is 35.3. The molecule has 11 heteroatoms. The van der Waals surface area contributed by atoms with Gasteiger partial charge in [0.25, 0.3) is 5.91 Å². The molecule has 0 saturated carbocycles. The number of thioether (sulfide) groups is 1. The van der Waals surface area contributed by atoms with Gasteiger partial charge in [-0.3, -0.25) is 19.2 Å². The number of carboxylic acids is 1. The summed E-state index contributed by atoms with van der Waals surface area (Å²) in [5.41, 5.74) is 0.793. The van der Waals surface area contributed by atoms with Gasteiger partial charge in [-0.25, -0.2) is 9.69 Å². The van der Waals surface area contributed by atoms with Crippen LogP contribution in [0.2, 0.25) is 0 Å². The third-order valence-electron chi connectivity index (χ3n) is 7.09. The van der Waals surface area contributed by atoms with Crippen LogP contribution in [0, 0.1) is 11.8 Å². The van der Waals surface area contributed by atoms with Crippen molar-refractivity contribution in [3.63, 3.8) is 0 Å². The molecular formula is C31H47N3O7S. The fraction of sp³-hybridized carbons (Fsp3) is 0.645. The highest BCUT2D eigenvalue weighted by Crippen LogP contribution is 2.29. The predicted molar refractivity (Wildman–Crippen MR) is 163 cm³/mol. The molecule has 1 fully saturated rings. The third kappa shape index (κ3) is 13.4. The second-order valence-electron chi connectivity index (χ2n) is 11.2. The van der Waals surface area contributed by atoms with Crippen LogP contribution in [-0.2, 0) is 30.5 Å². The summed E-state index contributed by atoms with van der Waals surface area (Å²) in [6, 6.07) is 8.21. The summed E-state index contributed by atoms with van der Waals surface area (Å²) in [6.45, 7) is 7.05. The van der Waals surface area contributed by atoms with Crippen LogP contribution >= 0.6 is 11.8 Å². The van der Waals surface area contributed by atoms with E-state index >= 15 is 0 Å². The molecule has 2 rings (SSSR count). The van der Waals surface area contributed by atoms with Crippen LogP contribution in [0.1, 0.15) is 84.1 Å². The number of hydrogen-bond donors (Lipinski definition) is 3. The van der Waals surface area contributed by atoms with Crippen LogP contribution in [0.4, 0.5) is 4.79 Å². The number of benzene rings is 1. The van der Waals surface area contributed by atoms with E-state index in [1.54, 1.807) is 0 Å². The van der Waals surface area contributed by atoms with Crippen molar-refractivity contribution in [2.45, 2.75) is 96.5 Å². The molecule has 0 aromatic heterocycles. The Balaban J connectivity index is 2.31. The van der Waals surface area contributed by atoms with E-state index in [2.05, 4.69) is 10.6 Å². The number of carboxylic acid groups (broad SMARTS) is 1. The molecule has 1 heterocycles. The van der Waals surface area contributed by atoms with E-state index in [-0.39, 0.29) is 30.6 Å². The van der Waals surface area contributed by atoms with E-state index < -0.39 is 41.1 Å². The van der Waals surface area contributed by atoms with Crippen LogP contribution in [0.15, 0.2) is 30.3 Å². The molecule has 1 aromatic carbocycles. The van der Waals surface area contributed by atoms with Gasteiger partial charge in [0.2, 0.25) is 5.91 Å². The van der Waals surface area contributed by atoms with E-state index in [4.69, 9.17) is 4.74 Å². The highest BCUT2D eigenvalue weighted by Gasteiger charge is 2.36. The van der Waals surface area contributed by atoms with Crippen molar-refractivity contribution < 1.29 is 33.8 Å². The van der Waals surface area contributed by atoms with Crippen LogP contribution < -0.4 is 10.6 Å². The largest absolute Gasteiger partial charge is 0.481 e. The van der Waals surface area contributed by atoms with Gasteiger partial charge in [0.1, 0.15) is 12.6 Å². The molecular weight excluding hydrogens is 558 g/mol. The zero-order chi connectivity index (χ0) is 30.9. The predicted octanol–water partition coefficient (Wildman–Crippen LogP) is 4.76. The second-order valence-corrected chi connectivity index (χ2v) is 12.6. The van der Waals surface area contributed by atoms with E-state index in [0.29, 0.717) is 25.7 Å². The molecule has 0 radical (unpaired) electrons. The van der Waals surface area contributed by atoms with Gasteiger partial charge in [0.15, 0.2) is 5.12 Å². The van der Waals surface area contributed by atoms with Crippen molar-refractivity contribution in [3.8, 4) is 0 Å². The molecule has 3 atom stereocenters. The summed E-state index contributed by atoms with van der Waals surface area (Å²) in [5, 5.41) is 14.7. The number of nitrogens with one attached hydrogen (secondary N) is 2. The molecule has 1 aromatic rings. The minimum atomic E-state index is -1.11. The number of amides is 3. The highest BCUT2D eigenvalue weighted by molar-refractivity contribution is 8.14. The Morgan fingerprint density at radius 2 is 1.71 bits per heavy atom. The van der Waals surface area contributed by atoms with E-state index in [1.165, 1.54) is 6.92 Å². The van der Waals surface area contributed by atoms with Gasteiger partial charge in [-0.1, -0.05) is 68.8 Å². The van der Waals surface area contributed by atoms with E-state index in [1.807, 2.05) is 44.2 Å². The van der Waals surface area contributed by atoms with E-state index in [0.717, 1.165) is 61.0 Å². The second kappa shape index (κ2) is 19.3. The van der Waals surface area contributed by atoms with Crippen molar-refractivity contribution in [2.75, 3.05) is 19.6 Å². The quantitative estimate of drug-likeness (QED) is 0.344. The van der Waals surface area contributed by atoms with Crippen molar-refractivity contribution in [1.82, 2.24) is 15.5 Å². The van der Waals surface area contributed by atoms with Crippen LogP contribution in [-0.4, -0.2) is 69.9 Å². The fourth-order valence-corrected chi connectivity index (χ4v) is 6.05. The molecule has 1 aliphatic rings. The zero-order valence-corrected chi connectivity index (χ0v) is 26.0.